The quantitative estimate of drug-likeness (QED) is 0.762. The number of aromatic nitrogens is 3. The first kappa shape index (κ1) is 10.1. The van der Waals surface area contributed by atoms with E-state index in [2.05, 4.69) is 22.7 Å². The maximum Gasteiger partial charge on any atom is 0.147 e. The van der Waals surface area contributed by atoms with Crippen LogP contribution < -0.4 is 0 Å². The van der Waals surface area contributed by atoms with Crippen LogP contribution in [0.3, 0.4) is 0 Å². The van der Waals surface area contributed by atoms with Gasteiger partial charge in [0.15, 0.2) is 0 Å². The van der Waals surface area contributed by atoms with Crippen LogP contribution in [0.15, 0.2) is 31.1 Å². The maximum atomic E-state index is 9.06. The van der Waals surface area contributed by atoms with Gasteiger partial charge in [-0.3, -0.25) is 0 Å². The standard InChI is InChI=1S/C12H10N4/c1-3-10-4-5-12(11(6-10)7-13)16-8-14-9(2)15-16/h3-6,8H,1H2,2H3. The Labute approximate surface area is 93.5 Å². The highest BCUT2D eigenvalue weighted by atomic mass is 15.3. The van der Waals surface area contributed by atoms with Gasteiger partial charge in [0.1, 0.15) is 18.2 Å². The first-order valence-corrected chi connectivity index (χ1v) is 4.80. The van der Waals surface area contributed by atoms with E-state index < -0.39 is 0 Å². The normalized spacial score (nSPS) is 9.75. The molecule has 1 aromatic heterocycles. The van der Waals surface area contributed by atoms with E-state index in [4.69, 9.17) is 5.26 Å². The van der Waals surface area contributed by atoms with Crippen molar-refractivity contribution in [3.05, 3.63) is 48.1 Å². The zero-order valence-electron chi connectivity index (χ0n) is 8.88. The predicted octanol–water partition coefficient (Wildman–Crippen LogP) is 2.09. The van der Waals surface area contributed by atoms with Crippen molar-refractivity contribution in [1.82, 2.24) is 14.8 Å². The number of hydrogen-bond donors (Lipinski definition) is 0. The third-order valence-corrected chi connectivity index (χ3v) is 2.23. The van der Waals surface area contributed by atoms with Gasteiger partial charge in [-0.25, -0.2) is 9.67 Å². The van der Waals surface area contributed by atoms with Gasteiger partial charge >= 0.3 is 0 Å². The highest BCUT2D eigenvalue weighted by Gasteiger charge is 2.06. The number of aryl methyl sites for hydroxylation is 1. The van der Waals surface area contributed by atoms with Crippen molar-refractivity contribution in [2.45, 2.75) is 6.92 Å². The summed E-state index contributed by atoms with van der Waals surface area (Å²) in [6.07, 6.45) is 3.30. The molecule has 0 spiro atoms. The fraction of sp³-hybridized carbons (Fsp3) is 0.0833. The van der Waals surface area contributed by atoms with Crippen LogP contribution in [-0.4, -0.2) is 14.8 Å². The molecule has 0 N–H and O–H groups in total. The lowest BCUT2D eigenvalue weighted by Crippen LogP contribution is -1.98. The molecular formula is C12H10N4. The Morgan fingerprint density at radius 3 is 2.88 bits per heavy atom. The van der Waals surface area contributed by atoms with Crippen LogP contribution >= 0.6 is 0 Å². The summed E-state index contributed by atoms with van der Waals surface area (Å²) in [7, 11) is 0. The van der Waals surface area contributed by atoms with Gasteiger partial charge < -0.3 is 0 Å². The lowest BCUT2D eigenvalue weighted by molar-refractivity contribution is 0.860. The van der Waals surface area contributed by atoms with Crippen LogP contribution in [0.5, 0.6) is 0 Å². The summed E-state index contributed by atoms with van der Waals surface area (Å²) in [6, 6.07) is 7.64. The molecule has 4 heteroatoms. The molecule has 0 saturated heterocycles. The molecule has 0 amide bonds. The highest BCUT2D eigenvalue weighted by molar-refractivity contribution is 5.57. The van der Waals surface area contributed by atoms with Crippen molar-refractivity contribution in [3.8, 4) is 11.8 Å². The van der Waals surface area contributed by atoms with Gasteiger partial charge in [-0.1, -0.05) is 18.7 Å². The molecule has 2 rings (SSSR count). The smallest absolute Gasteiger partial charge is 0.147 e. The Morgan fingerprint density at radius 2 is 2.31 bits per heavy atom. The van der Waals surface area contributed by atoms with Gasteiger partial charge in [0.05, 0.1) is 11.3 Å². The Morgan fingerprint density at radius 1 is 1.50 bits per heavy atom. The molecule has 0 aliphatic carbocycles. The maximum absolute atomic E-state index is 9.06. The lowest BCUT2D eigenvalue weighted by Gasteiger charge is -2.03. The fourth-order valence-corrected chi connectivity index (χ4v) is 1.43. The van der Waals surface area contributed by atoms with E-state index in [1.54, 1.807) is 30.1 Å². The molecule has 2 aromatic rings. The van der Waals surface area contributed by atoms with Gasteiger partial charge in [-0.2, -0.15) is 10.4 Å². The van der Waals surface area contributed by atoms with Gasteiger partial charge in [0, 0.05) is 0 Å². The van der Waals surface area contributed by atoms with E-state index in [1.165, 1.54) is 0 Å². The number of nitrogens with zero attached hydrogens (tertiary/aromatic N) is 4. The summed E-state index contributed by atoms with van der Waals surface area (Å²) in [5, 5.41) is 13.2. The van der Waals surface area contributed by atoms with Gasteiger partial charge in [0.2, 0.25) is 0 Å². The summed E-state index contributed by atoms with van der Waals surface area (Å²) >= 11 is 0. The SMILES string of the molecule is C=Cc1ccc(-n2cnc(C)n2)c(C#N)c1. The first-order chi connectivity index (χ1) is 7.74. The average Bonchev–Trinajstić information content (AvgIpc) is 2.74. The second kappa shape index (κ2) is 3.99. The third kappa shape index (κ3) is 1.71. The molecule has 0 bridgehead atoms. The molecule has 0 radical (unpaired) electrons. The largest absolute Gasteiger partial charge is 0.220 e. The fourth-order valence-electron chi connectivity index (χ4n) is 1.43. The van der Waals surface area contributed by atoms with E-state index in [-0.39, 0.29) is 0 Å². The van der Waals surface area contributed by atoms with Crippen molar-refractivity contribution >= 4 is 6.08 Å². The molecular weight excluding hydrogens is 200 g/mol. The molecule has 16 heavy (non-hydrogen) atoms. The molecule has 4 nitrogen and oxygen atoms in total. The van der Waals surface area contributed by atoms with E-state index in [0.717, 1.165) is 11.3 Å². The third-order valence-electron chi connectivity index (χ3n) is 2.23. The average molecular weight is 210 g/mol. The summed E-state index contributed by atoms with van der Waals surface area (Å²) in [6.45, 7) is 5.47. The van der Waals surface area contributed by atoms with E-state index in [1.807, 2.05) is 12.1 Å². The second-order valence-electron chi connectivity index (χ2n) is 3.33. The topological polar surface area (TPSA) is 54.5 Å². The highest BCUT2D eigenvalue weighted by Crippen LogP contribution is 2.15. The van der Waals surface area contributed by atoms with Crippen molar-refractivity contribution in [3.63, 3.8) is 0 Å². The van der Waals surface area contributed by atoms with Crippen LogP contribution in [0, 0.1) is 18.3 Å². The summed E-state index contributed by atoms with van der Waals surface area (Å²) in [5.74, 6) is 0.677. The van der Waals surface area contributed by atoms with Crippen LogP contribution in [0.25, 0.3) is 11.8 Å². The number of rotatable bonds is 2. The van der Waals surface area contributed by atoms with Crippen molar-refractivity contribution in [2.75, 3.05) is 0 Å². The Balaban J connectivity index is 2.57. The van der Waals surface area contributed by atoms with Crippen LogP contribution in [0.2, 0.25) is 0 Å². The molecule has 0 fully saturated rings. The van der Waals surface area contributed by atoms with E-state index in [0.29, 0.717) is 11.4 Å². The van der Waals surface area contributed by atoms with Crippen molar-refractivity contribution in [2.24, 2.45) is 0 Å². The Kier molecular flexibility index (Phi) is 2.52. The number of benzene rings is 1. The van der Waals surface area contributed by atoms with Crippen molar-refractivity contribution < 1.29 is 0 Å². The van der Waals surface area contributed by atoms with Gasteiger partial charge in [0.25, 0.3) is 0 Å². The Hall–Kier alpha value is -2.41. The van der Waals surface area contributed by atoms with Crippen LogP contribution in [0.4, 0.5) is 0 Å². The monoisotopic (exact) mass is 210 g/mol. The van der Waals surface area contributed by atoms with E-state index >= 15 is 0 Å². The summed E-state index contributed by atoms with van der Waals surface area (Å²) in [4.78, 5) is 4.03. The summed E-state index contributed by atoms with van der Waals surface area (Å²) in [5.41, 5.74) is 2.20. The Bertz CT molecular complexity index is 575. The first-order valence-electron chi connectivity index (χ1n) is 4.80. The molecule has 1 heterocycles. The zero-order valence-corrected chi connectivity index (χ0v) is 8.88. The van der Waals surface area contributed by atoms with Crippen molar-refractivity contribution in [1.29, 1.82) is 5.26 Å². The molecule has 0 atom stereocenters. The lowest BCUT2D eigenvalue weighted by atomic mass is 10.1. The minimum atomic E-state index is 0.558. The molecule has 0 saturated carbocycles. The predicted molar refractivity (Wildman–Crippen MR) is 60.9 cm³/mol. The minimum Gasteiger partial charge on any atom is -0.220 e. The van der Waals surface area contributed by atoms with Gasteiger partial charge in [-0.15, -0.1) is 0 Å². The molecule has 0 aliphatic rings. The van der Waals surface area contributed by atoms with E-state index in [9.17, 15) is 0 Å². The summed E-state index contributed by atoms with van der Waals surface area (Å²) < 4.78 is 1.60. The second-order valence-corrected chi connectivity index (χ2v) is 3.33. The number of hydrogen-bond acceptors (Lipinski definition) is 3. The van der Waals surface area contributed by atoms with Crippen LogP contribution in [-0.2, 0) is 0 Å². The molecule has 78 valence electrons. The van der Waals surface area contributed by atoms with Gasteiger partial charge in [-0.05, 0) is 24.6 Å². The number of nitriles is 1. The molecule has 0 aliphatic heterocycles. The minimum absolute atomic E-state index is 0.558. The molecule has 0 unspecified atom stereocenters. The molecule has 1 aromatic carbocycles. The van der Waals surface area contributed by atoms with Crippen LogP contribution in [0.1, 0.15) is 17.0 Å². The zero-order chi connectivity index (χ0) is 11.5.